The fourth-order valence-electron chi connectivity index (χ4n) is 1.78. The van der Waals surface area contributed by atoms with E-state index >= 15 is 0 Å². The molecule has 1 aliphatic heterocycles. The highest BCUT2D eigenvalue weighted by Crippen LogP contribution is 2.23. The van der Waals surface area contributed by atoms with E-state index < -0.39 is 5.97 Å². The number of carbonyl (C=O) groups excluding carboxylic acids is 2. The van der Waals surface area contributed by atoms with Crippen molar-refractivity contribution >= 4 is 23.3 Å². The number of para-hydroxylation sites is 1. The van der Waals surface area contributed by atoms with Crippen LogP contribution in [0.1, 0.15) is 0 Å². The number of esters is 1. The minimum atomic E-state index is -0.634. The summed E-state index contributed by atoms with van der Waals surface area (Å²) in [7, 11) is 4.79. The lowest BCUT2D eigenvalue weighted by Crippen LogP contribution is -2.24. The van der Waals surface area contributed by atoms with Gasteiger partial charge in [-0.2, -0.15) is 10.1 Å². The summed E-state index contributed by atoms with van der Waals surface area (Å²) >= 11 is 0. The monoisotopic (exact) mass is 273 g/mol. The van der Waals surface area contributed by atoms with E-state index in [1.807, 2.05) is 6.07 Å². The molecule has 0 atom stereocenters. The maximum absolute atomic E-state index is 12.4. The van der Waals surface area contributed by atoms with E-state index in [-0.39, 0.29) is 17.2 Å². The average Bonchev–Trinajstić information content (AvgIpc) is 2.76. The number of rotatable bonds is 3. The van der Waals surface area contributed by atoms with Crippen LogP contribution in [-0.2, 0) is 14.3 Å². The molecule has 0 aromatic heterocycles. The molecule has 0 spiro atoms. The number of amides is 1. The first-order valence-corrected chi connectivity index (χ1v) is 5.99. The van der Waals surface area contributed by atoms with E-state index in [9.17, 15) is 9.59 Å². The van der Waals surface area contributed by atoms with E-state index in [2.05, 4.69) is 9.84 Å². The number of ether oxygens (including phenoxy) is 1. The third kappa shape index (κ3) is 2.54. The van der Waals surface area contributed by atoms with Gasteiger partial charge in [-0.1, -0.05) is 18.2 Å². The zero-order chi connectivity index (χ0) is 14.7. The van der Waals surface area contributed by atoms with Gasteiger partial charge in [0.2, 0.25) is 0 Å². The Morgan fingerprint density at radius 3 is 2.50 bits per heavy atom. The van der Waals surface area contributed by atoms with E-state index in [0.717, 1.165) is 0 Å². The minimum Gasteiger partial charge on any atom is -0.464 e. The number of methoxy groups -OCH3 is 1. The molecule has 0 saturated carbocycles. The molecule has 6 nitrogen and oxygen atoms in total. The number of hydrogen-bond acceptors (Lipinski definition) is 5. The van der Waals surface area contributed by atoms with Gasteiger partial charge in [0.25, 0.3) is 5.91 Å². The maximum atomic E-state index is 12.4. The third-order valence-corrected chi connectivity index (χ3v) is 2.64. The summed E-state index contributed by atoms with van der Waals surface area (Å²) in [5.41, 5.74) is 0.821. The fraction of sp³-hybridized carbons (Fsp3) is 0.214. The van der Waals surface area contributed by atoms with Crippen molar-refractivity contribution in [1.82, 2.24) is 4.90 Å². The first-order valence-electron chi connectivity index (χ1n) is 5.99. The summed E-state index contributed by atoms with van der Waals surface area (Å²) in [4.78, 5) is 25.8. The zero-order valence-electron chi connectivity index (χ0n) is 11.5. The van der Waals surface area contributed by atoms with Crippen LogP contribution in [0.3, 0.4) is 0 Å². The molecular formula is C14H15N3O3. The van der Waals surface area contributed by atoms with Gasteiger partial charge in [-0.05, 0) is 12.1 Å². The Morgan fingerprint density at radius 2 is 1.95 bits per heavy atom. The number of hydrazone groups is 1. The molecular weight excluding hydrogens is 258 g/mol. The van der Waals surface area contributed by atoms with E-state index in [1.165, 1.54) is 12.1 Å². The van der Waals surface area contributed by atoms with Crippen LogP contribution in [-0.4, -0.2) is 43.7 Å². The molecule has 1 aliphatic rings. The molecule has 0 saturated heterocycles. The summed E-state index contributed by atoms with van der Waals surface area (Å²) in [6.45, 7) is 0. The lowest BCUT2D eigenvalue weighted by Gasteiger charge is -2.11. The molecule has 0 radical (unpaired) electrons. The van der Waals surface area contributed by atoms with Gasteiger partial charge in [-0.25, -0.2) is 4.79 Å². The Balaban J connectivity index is 2.45. The highest BCUT2D eigenvalue weighted by atomic mass is 16.5. The quantitative estimate of drug-likeness (QED) is 0.609. The van der Waals surface area contributed by atoms with Crippen molar-refractivity contribution < 1.29 is 14.3 Å². The second kappa shape index (κ2) is 5.56. The summed E-state index contributed by atoms with van der Waals surface area (Å²) in [5.74, 6) is -0.991. The van der Waals surface area contributed by atoms with E-state index in [0.29, 0.717) is 5.69 Å². The second-order valence-corrected chi connectivity index (χ2v) is 4.40. The highest BCUT2D eigenvalue weighted by Gasteiger charge is 2.35. The Bertz CT molecular complexity index is 591. The van der Waals surface area contributed by atoms with Crippen molar-refractivity contribution in [2.45, 2.75) is 0 Å². The van der Waals surface area contributed by atoms with Crippen LogP contribution in [0.4, 0.5) is 5.69 Å². The lowest BCUT2D eigenvalue weighted by atomic mass is 10.1. The topological polar surface area (TPSA) is 62.2 Å². The van der Waals surface area contributed by atoms with Crippen LogP contribution in [0.2, 0.25) is 0 Å². The summed E-state index contributed by atoms with van der Waals surface area (Å²) in [6.07, 6.45) is 1.56. The smallest absolute Gasteiger partial charge is 0.359 e. The predicted molar refractivity (Wildman–Crippen MR) is 75.1 cm³/mol. The Labute approximate surface area is 116 Å². The maximum Gasteiger partial charge on any atom is 0.359 e. The van der Waals surface area contributed by atoms with Gasteiger partial charge in [0.1, 0.15) is 0 Å². The molecule has 1 aromatic rings. The number of anilines is 1. The van der Waals surface area contributed by atoms with Crippen LogP contribution in [0.25, 0.3) is 0 Å². The van der Waals surface area contributed by atoms with Gasteiger partial charge in [-0.15, -0.1) is 0 Å². The van der Waals surface area contributed by atoms with Gasteiger partial charge in [-0.3, -0.25) is 4.79 Å². The van der Waals surface area contributed by atoms with Gasteiger partial charge in [0, 0.05) is 20.3 Å². The van der Waals surface area contributed by atoms with Crippen molar-refractivity contribution in [3.63, 3.8) is 0 Å². The number of carbonyl (C=O) groups is 2. The summed E-state index contributed by atoms with van der Waals surface area (Å²) in [5, 5.41) is 5.27. The average molecular weight is 273 g/mol. The van der Waals surface area contributed by atoms with Crippen molar-refractivity contribution in [1.29, 1.82) is 0 Å². The molecule has 1 aromatic carbocycles. The fourth-order valence-corrected chi connectivity index (χ4v) is 1.78. The molecule has 0 N–H and O–H groups in total. The van der Waals surface area contributed by atoms with Crippen molar-refractivity contribution in [3.05, 3.63) is 42.1 Å². The SMILES string of the molecule is COC(=O)C1=NN(c2ccccc2)C(=O)C1=CN(C)C. The molecule has 0 fully saturated rings. The van der Waals surface area contributed by atoms with Gasteiger partial charge >= 0.3 is 5.97 Å². The molecule has 0 unspecified atom stereocenters. The minimum absolute atomic E-state index is 0.00931. The highest BCUT2D eigenvalue weighted by molar-refractivity contribution is 6.53. The second-order valence-electron chi connectivity index (χ2n) is 4.40. The molecule has 104 valence electrons. The lowest BCUT2D eigenvalue weighted by molar-refractivity contribution is -0.132. The predicted octanol–water partition coefficient (Wildman–Crippen LogP) is 1.01. The molecule has 6 heteroatoms. The van der Waals surface area contributed by atoms with E-state index in [1.54, 1.807) is 49.5 Å². The van der Waals surface area contributed by atoms with Gasteiger partial charge in [0.05, 0.1) is 18.4 Å². The normalized spacial score (nSPS) is 16.4. The van der Waals surface area contributed by atoms with Crippen molar-refractivity contribution in [2.24, 2.45) is 5.10 Å². The number of hydrogen-bond donors (Lipinski definition) is 0. The molecule has 2 rings (SSSR count). The Kier molecular flexibility index (Phi) is 3.84. The Morgan fingerprint density at radius 1 is 1.30 bits per heavy atom. The van der Waals surface area contributed by atoms with Gasteiger partial charge in [0.15, 0.2) is 5.71 Å². The largest absolute Gasteiger partial charge is 0.464 e. The third-order valence-electron chi connectivity index (χ3n) is 2.64. The number of nitrogens with zero attached hydrogens (tertiary/aromatic N) is 3. The number of benzene rings is 1. The molecule has 1 heterocycles. The first kappa shape index (κ1) is 13.8. The molecule has 20 heavy (non-hydrogen) atoms. The van der Waals surface area contributed by atoms with Crippen LogP contribution in [0, 0.1) is 0 Å². The van der Waals surface area contributed by atoms with Gasteiger partial charge < -0.3 is 9.64 Å². The zero-order valence-corrected chi connectivity index (χ0v) is 11.5. The van der Waals surface area contributed by atoms with E-state index in [4.69, 9.17) is 0 Å². The molecule has 0 aliphatic carbocycles. The van der Waals surface area contributed by atoms with Crippen molar-refractivity contribution in [2.75, 3.05) is 26.2 Å². The van der Waals surface area contributed by atoms with Crippen LogP contribution < -0.4 is 5.01 Å². The molecule has 0 bridgehead atoms. The summed E-state index contributed by atoms with van der Waals surface area (Å²) < 4.78 is 4.67. The summed E-state index contributed by atoms with van der Waals surface area (Å²) in [6, 6.07) is 8.92. The standard InChI is InChI=1S/C14H15N3O3/c1-16(2)9-11-12(14(19)20-3)15-17(13(11)18)10-7-5-4-6-8-10/h4-9H,1-3H3. The molecule has 1 amide bonds. The van der Waals surface area contributed by atoms with Crippen LogP contribution in [0.5, 0.6) is 0 Å². The van der Waals surface area contributed by atoms with Crippen LogP contribution >= 0.6 is 0 Å². The Hall–Kier alpha value is -2.63. The van der Waals surface area contributed by atoms with Crippen LogP contribution in [0.15, 0.2) is 47.2 Å². The van der Waals surface area contributed by atoms with Crippen molar-refractivity contribution in [3.8, 4) is 0 Å². The first-order chi connectivity index (χ1) is 9.54.